The van der Waals surface area contributed by atoms with E-state index in [1.54, 1.807) is 61.1 Å². The number of furan rings is 2. The second-order valence-electron chi connectivity index (χ2n) is 9.80. The molecule has 42 heavy (non-hydrogen) atoms. The van der Waals surface area contributed by atoms with E-state index in [0.717, 1.165) is 22.3 Å². The van der Waals surface area contributed by atoms with Crippen LogP contribution in [0, 0.1) is 13.8 Å². The first-order valence-corrected chi connectivity index (χ1v) is 13.6. The maximum Gasteiger partial charge on any atom is 0.255 e. The number of ether oxygens (including phenoxy) is 2. The fourth-order valence-corrected chi connectivity index (χ4v) is 4.47. The third-order valence-electron chi connectivity index (χ3n) is 6.83. The molecule has 8 heteroatoms. The molecule has 0 aliphatic carbocycles. The van der Waals surface area contributed by atoms with Gasteiger partial charge in [-0.3, -0.25) is 9.59 Å². The van der Waals surface area contributed by atoms with Crippen molar-refractivity contribution in [3.63, 3.8) is 0 Å². The van der Waals surface area contributed by atoms with E-state index in [2.05, 4.69) is 22.8 Å². The predicted molar refractivity (Wildman–Crippen MR) is 157 cm³/mol. The lowest BCUT2D eigenvalue weighted by Gasteiger charge is -2.16. The number of amides is 2. The summed E-state index contributed by atoms with van der Waals surface area (Å²) in [5.41, 5.74) is 4.97. The molecular weight excluding hydrogens is 532 g/mol. The Bertz CT molecular complexity index is 1520. The molecule has 5 aromatic rings. The summed E-state index contributed by atoms with van der Waals surface area (Å²) >= 11 is 0. The minimum Gasteiger partial charge on any atom is -0.488 e. The molecule has 2 N–H and O–H groups in total. The number of hydrogen-bond donors (Lipinski definition) is 2. The molecule has 0 spiro atoms. The fourth-order valence-electron chi connectivity index (χ4n) is 4.47. The average molecular weight is 565 g/mol. The summed E-state index contributed by atoms with van der Waals surface area (Å²) in [5.74, 6) is 1.87. The summed E-state index contributed by atoms with van der Waals surface area (Å²) in [7, 11) is 0. The topological polar surface area (TPSA) is 103 Å². The Morgan fingerprint density at radius 3 is 1.45 bits per heavy atom. The Morgan fingerprint density at radius 1 is 0.619 bits per heavy atom. The highest BCUT2D eigenvalue weighted by Crippen LogP contribution is 2.24. The molecule has 0 saturated heterocycles. The van der Waals surface area contributed by atoms with Gasteiger partial charge in [0.2, 0.25) is 0 Å². The number of para-hydroxylation sites is 2. The van der Waals surface area contributed by atoms with E-state index in [0.29, 0.717) is 60.4 Å². The van der Waals surface area contributed by atoms with Crippen molar-refractivity contribution in [3.8, 4) is 11.5 Å². The van der Waals surface area contributed by atoms with Gasteiger partial charge in [-0.25, -0.2) is 0 Å². The highest BCUT2D eigenvalue weighted by atomic mass is 16.5. The standard InChI is InChI=1S/C34H32N2O6/c1-23-17-26(22-42-32-14-6-4-12-30(32)34(38)36-20-28-10-8-16-40-28)24(2)18-25(23)21-41-31-13-5-3-11-29(31)33(37)35-19-27-9-7-15-39-27/h3-18H,19-22H2,1-2H3,(H,35,37)(H,36,38). The molecule has 0 radical (unpaired) electrons. The zero-order valence-electron chi connectivity index (χ0n) is 23.5. The summed E-state index contributed by atoms with van der Waals surface area (Å²) in [6.45, 7) is 5.22. The van der Waals surface area contributed by atoms with Crippen LogP contribution >= 0.6 is 0 Å². The van der Waals surface area contributed by atoms with Gasteiger partial charge in [0, 0.05) is 0 Å². The largest absolute Gasteiger partial charge is 0.488 e. The Kier molecular flexibility index (Phi) is 9.03. The third-order valence-corrected chi connectivity index (χ3v) is 6.83. The van der Waals surface area contributed by atoms with E-state index < -0.39 is 0 Å². The van der Waals surface area contributed by atoms with Gasteiger partial charge >= 0.3 is 0 Å². The van der Waals surface area contributed by atoms with Gasteiger partial charge in [0.15, 0.2) is 0 Å². The molecule has 3 aromatic carbocycles. The van der Waals surface area contributed by atoms with E-state index in [9.17, 15) is 9.59 Å². The SMILES string of the molecule is Cc1cc(COc2ccccc2C(=O)NCc2ccco2)c(C)cc1COc1ccccc1C(=O)NCc1ccco1. The van der Waals surface area contributed by atoms with Gasteiger partial charge < -0.3 is 28.9 Å². The van der Waals surface area contributed by atoms with Crippen molar-refractivity contribution in [2.75, 3.05) is 0 Å². The first kappa shape index (κ1) is 28.3. The van der Waals surface area contributed by atoms with Crippen molar-refractivity contribution >= 4 is 11.8 Å². The lowest BCUT2D eigenvalue weighted by molar-refractivity contribution is 0.0935. The van der Waals surface area contributed by atoms with E-state index >= 15 is 0 Å². The minimum absolute atomic E-state index is 0.239. The zero-order chi connectivity index (χ0) is 29.3. The van der Waals surface area contributed by atoms with E-state index in [1.165, 1.54) is 0 Å². The molecule has 0 bridgehead atoms. The van der Waals surface area contributed by atoms with Crippen molar-refractivity contribution in [3.05, 3.63) is 142 Å². The molecule has 0 aliphatic heterocycles. The quantitative estimate of drug-likeness (QED) is 0.179. The van der Waals surface area contributed by atoms with Crippen LogP contribution in [-0.2, 0) is 26.3 Å². The maximum absolute atomic E-state index is 12.8. The summed E-state index contributed by atoms with van der Waals surface area (Å²) in [4.78, 5) is 25.6. The number of benzene rings is 3. The van der Waals surface area contributed by atoms with Gasteiger partial charge in [-0.2, -0.15) is 0 Å². The first-order valence-electron chi connectivity index (χ1n) is 13.6. The van der Waals surface area contributed by atoms with Crippen LogP contribution in [0.4, 0.5) is 0 Å². The summed E-state index contributed by atoms with van der Waals surface area (Å²) in [6.07, 6.45) is 3.14. The van der Waals surface area contributed by atoms with Gasteiger partial charge in [-0.1, -0.05) is 36.4 Å². The van der Waals surface area contributed by atoms with Gasteiger partial charge in [0.25, 0.3) is 11.8 Å². The molecule has 0 unspecified atom stereocenters. The van der Waals surface area contributed by atoms with Gasteiger partial charge in [-0.15, -0.1) is 0 Å². The highest BCUT2D eigenvalue weighted by molar-refractivity contribution is 5.97. The van der Waals surface area contributed by atoms with Crippen molar-refractivity contribution in [2.45, 2.75) is 40.2 Å². The van der Waals surface area contributed by atoms with Crippen molar-refractivity contribution < 1.29 is 27.9 Å². The van der Waals surface area contributed by atoms with Crippen molar-refractivity contribution in [2.24, 2.45) is 0 Å². The number of carbonyl (C=O) groups is 2. The highest BCUT2D eigenvalue weighted by Gasteiger charge is 2.15. The van der Waals surface area contributed by atoms with Gasteiger partial charge in [0.1, 0.15) is 36.2 Å². The molecule has 8 nitrogen and oxygen atoms in total. The monoisotopic (exact) mass is 564 g/mol. The number of carbonyl (C=O) groups excluding carboxylic acids is 2. The predicted octanol–water partition coefficient (Wildman–Crippen LogP) is 6.51. The van der Waals surface area contributed by atoms with Gasteiger partial charge in [0.05, 0.1) is 36.7 Å². The normalized spacial score (nSPS) is 10.7. The van der Waals surface area contributed by atoms with Crippen LogP contribution in [0.1, 0.15) is 54.5 Å². The Hall–Kier alpha value is -5.24. The lowest BCUT2D eigenvalue weighted by atomic mass is 10.0. The van der Waals surface area contributed by atoms with Crippen LogP contribution in [0.3, 0.4) is 0 Å². The summed E-state index contributed by atoms with van der Waals surface area (Å²) in [6, 6.07) is 25.6. The summed E-state index contributed by atoms with van der Waals surface area (Å²) in [5, 5.41) is 5.73. The van der Waals surface area contributed by atoms with Crippen LogP contribution in [-0.4, -0.2) is 11.8 Å². The Labute approximate surface area is 244 Å². The van der Waals surface area contributed by atoms with Crippen LogP contribution in [0.5, 0.6) is 11.5 Å². The Balaban J connectivity index is 1.21. The van der Waals surface area contributed by atoms with Crippen LogP contribution in [0.25, 0.3) is 0 Å². The Morgan fingerprint density at radius 2 is 1.05 bits per heavy atom. The van der Waals surface area contributed by atoms with Crippen molar-refractivity contribution in [1.82, 2.24) is 10.6 Å². The molecule has 0 aliphatic rings. The van der Waals surface area contributed by atoms with Crippen LogP contribution < -0.4 is 20.1 Å². The first-order chi connectivity index (χ1) is 20.5. The average Bonchev–Trinajstić information content (AvgIpc) is 3.73. The third kappa shape index (κ3) is 7.09. The van der Waals surface area contributed by atoms with E-state index in [1.807, 2.05) is 38.1 Å². The second-order valence-corrected chi connectivity index (χ2v) is 9.80. The lowest BCUT2D eigenvalue weighted by Crippen LogP contribution is -2.23. The molecule has 0 saturated carbocycles. The number of nitrogens with one attached hydrogen (secondary N) is 2. The van der Waals surface area contributed by atoms with E-state index in [-0.39, 0.29) is 11.8 Å². The maximum atomic E-state index is 12.8. The summed E-state index contributed by atoms with van der Waals surface area (Å²) < 4.78 is 22.8. The molecule has 2 amide bonds. The fraction of sp³-hybridized carbons (Fsp3) is 0.176. The molecule has 2 aromatic heterocycles. The van der Waals surface area contributed by atoms with Crippen LogP contribution in [0.2, 0.25) is 0 Å². The molecule has 214 valence electrons. The zero-order valence-corrected chi connectivity index (χ0v) is 23.5. The number of hydrogen-bond acceptors (Lipinski definition) is 6. The molecule has 0 fully saturated rings. The van der Waals surface area contributed by atoms with E-state index in [4.69, 9.17) is 18.3 Å². The number of aryl methyl sites for hydroxylation is 2. The molecule has 0 atom stereocenters. The smallest absolute Gasteiger partial charge is 0.255 e. The second kappa shape index (κ2) is 13.4. The van der Waals surface area contributed by atoms with Crippen molar-refractivity contribution in [1.29, 1.82) is 0 Å². The van der Waals surface area contributed by atoms with Gasteiger partial charge in [-0.05, 0) is 84.6 Å². The molecule has 2 heterocycles. The number of rotatable bonds is 12. The molecule has 5 rings (SSSR count). The molecular formula is C34H32N2O6. The minimum atomic E-state index is -0.239. The van der Waals surface area contributed by atoms with Crippen LogP contribution in [0.15, 0.2) is 106 Å².